The van der Waals surface area contributed by atoms with Crippen LogP contribution in [0.25, 0.3) is 0 Å². The molecule has 2 rings (SSSR count). The number of hydrogen-bond acceptors (Lipinski definition) is 2. The fraction of sp³-hybridized carbons (Fsp3) is 0.467. The van der Waals surface area contributed by atoms with Gasteiger partial charge in [-0.05, 0) is 31.0 Å². The molecule has 0 aromatic heterocycles. The number of piperidine rings is 1. The van der Waals surface area contributed by atoms with Crippen molar-refractivity contribution in [2.45, 2.75) is 25.1 Å². The van der Waals surface area contributed by atoms with E-state index < -0.39 is 12.7 Å². The van der Waals surface area contributed by atoms with Gasteiger partial charge in [0.05, 0.1) is 6.54 Å². The molecular weight excluding hydrogens is 265 g/mol. The zero-order valence-electron chi connectivity index (χ0n) is 11.1. The van der Waals surface area contributed by atoms with E-state index in [1.807, 2.05) is 24.3 Å². The molecule has 0 aliphatic carbocycles. The molecule has 0 bridgehead atoms. The molecule has 1 heterocycles. The van der Waals surface area contributed by atoms with Gasteiger partial charge in [0.2, 0.25) is 0 Å². The van der Waals surface area contributed by atoms with Crippen LogP contribution in [0.1, 0.15) is 18.4 Å². The number of likely N-dealkylation sites (tertiary alicyclic amines) is 1. The molecule has 2 nitrogen and oxygen atoms in total. The van der Waals surface area contributed by atoms with Crippen LogP contribution in [0.4, 0.5) is 18.9 Å². The monoisotopic (exact) mass is 282 g/mol. The minimum atomic E-state index is -4.11. The highest BCUT2D eigenvalue weighted by atomic mass is 19.4. The second-order valence-electron chi connectivity index (χ2n) is 5.04. The topological polar surface area (TPSA) is 15.3 Å². The lowest BCUT2D eigenvalue weighted by atomic mass is 10.0. The molecule has 20 heavy (non-hydrogen) atoms. The number of benzene rings is 1. The SMILES string of the molecule is C#Cc1cccc(NC2CCN(CC(F)(F)F)CC2)c1. The van der Waals surface area contributed by atoms with E-state index in [4.69, 9.17) is 6.42 Å². The van der Waals surface area contributed by atoms with E-state index in [-0.39, 0.29) is 6.04 Å². The van der Waals surface area contributed by atoms with Gasteiger partial charge in [-0.25, -0.2) is 0 Å². The number of hydrogen-bond donors (Lipinski definition) is 1. The molecule has 0 spiro atoms. The number of nitrogens with one attached hydrogen (secondary N) is 1. The number of rotatable bonds is 3. The molecule has 1 aromatic carbocycles. The van der Waals surface area contributed by atoms with Crippen LogP contribution >= 0.6 is 0 Å². The summed E-state index contributed by atoms with van der Waals surface area (Å²) in [6.07, 6.45) is 2.64. The van der Waals surface area contributed by atoms with Crippen LogP contribution < -0.4 is 5.32 Å². The van der Waals surface area contributed by atoms with Crippen molar-refractivity contribution in [3.05, 3.63) is 29.8 Å². The van der Waals surface area contributed by atoms with Crippen LogP contribution in [0.15, 0.2) is 24.3 Å². The Morgan fingerprint density at radius 2 is 2.00 bits per heavy atom. The van der Waals surface area contributed by atoms with E-state index in [0.717, 1.165) is 11.3 Å². The highest BCUT2D eigenvalue weighted by molar-refractivity contribution is 5.50. The minimum absolute atomic E-state index is 0.201. The second-order valence-corrected chi connectivity index (χ2v) is 5.04. The molecular formula is C15H17F3N2. The first-order chi connectivity index (χ1) is 9.46. The van der Waals surface area contributed by atoms with E-state index in [9.17, 15) is 13.2 Å². The highest BCUT2D eigenvalue weighted by Gasteiger charge is 2.32. The Kier molecular flexibility index (Phi) is 4.56. The molecule has 1 aromatic rings. The van der Waals surface area contributed by atoms with Crippen LogP contribution in [0.5, 0.6) is 0 Å². The first kappa shape index (κ1) is 14.7. The van der Waals surface area contributed by atoms with Gasteiger partial charge in [0.15, 0.2) is 0 Å². The van der Waals surface area contributed by atoms with Gasteiger partial charge in [-0.2, -0.15) is 13.2 Å². The zero-order chi connectivity index (χ0) is 14.6. The lowest BCUT2D eigenvalue weighted by molar-refractivity contribution is -0.147. The third-order valence-corrected chi connectivity index (χ3v) is 3.39. The normalized spacial score (nSPS) is 17.7. The average Bonchev–Trinajstić information content (AvgIpc) is 2.40. The molecule has 0 unspecified atom stereocenters. The molecule has 1 fully saturated rings. The summed E-state index contributed by atoms with van der Waals surface area (Å²) in [5, 5.41) is 3.34. The summed E-state index contributed by atoms with van der Waals surface area (Å²) < 4.78 is 36.9. The minimum Gasteiger partial charge on any atom is -0.382 e. The van der Waals surface area contributed by atoms with E-state index >= 15 is 0 Å². The smallest absolute Gasteiger partial charge is 0.382 e. The standard InChI is InChI=1S/C15H17F3N2/c1-2-12-4-3-5-14(10-12)19-13-6-8-20(9-7-13)11-15(16,17)18/h1,3-5,10,13,19H,6-9,11H2. The lowest BCUT2D eigenvalue weighted by Crippen LogP contribution is -2.43. The summed E-state index contributed by atoms with van der Waals surface area (Å²) in [7, 11) is 0. The van der Waals surface area contributed by atoms with Crippen molar-refractivity contribution in [3.8, 4) is 12.3 Å². The van der Waals surface area contributed by atoms with Crippen molar-refractivity contribution < 1.29 is 13.2 Å². The van der Waals surface area contributed by atoms with Gasteiger partial charge < -0.3 is 5.32 Å². The first-order valence-corrected chi connectivity index (χ1v) is 6.58. The van der Waals surface area contributed by atoms with E-state index in [1.165, 1.54) is 4.90 Å². The van der Waals surface area contributed by atoms with Gasteiger partial charge >= 0.3 is 6.18 Å². The molecule has 1 saturated heterocycles. The summed E-state index contributed by atoms with van der Waals surface area (Å²) in [4.78, 5) is 1.45. The number of anilines is 1. The molecule has 0 atom stereocenters. The highest BCUT2D eigenvalue weighted by Crippen LogP contribution is 2.21. The Balaban J connectivity index is 1.84. The van der Waals surface area contributed by atoms with E-state index in [0.29, 0.717) is 25.9 Å². The molecule has 0 radical (unpaired) electrons. The molecule has 1 aliphatic heterocycles. The van der Waals surface area contributed by atoms with Crippen LogP contribution in [0.3, 0.4) is 0 Å². The van der Waals surface area contributed by atoms with Crippen molar-refractivity contribution >= 4 is 5.69 Å². The number of terminal acetylenes is 1. The van der Waals surface area contributed by atoms with Crippen molar-refractivity contribution in [2.75, 3.05) is 25.0 Å². The molecule has 0 amide bonds. The lowest BCUT2D eigenvalue weighted by Gasteiger charge is -2.33. The van der Waals surface area contributed by atoms with Gasteiger partial charge in [-0.15, -0.1) is 6.42 Å². The van der Waals surface area contributed by atoms with Crippen molar-refractivity contribution in [1.29, 1.82) is 0 Å². The Hall–Kier alpha value is -1.67. The quantitative estimate of drug-likeness (QED) is 0.857. The van der Waals surface area contributed by atoms with Crippen LogP contribution in [0.2, 0.25) is 0 Å². The van der Waals surface area contributed by atoms with Gasteiger partial charge in [-0.1, -0.05) is 12.0 Å². The average molecular weight is 282 g/mol. The molecule has 108 valence electrons. The van der Waals surface area contributed by atoms with Gasteiger partial charge in [-0.3, -0.25) is 4.90 Å². The second kappa shape index (κ2) is 6.19. The summed E-state index contributed by atoms with van der Waals surface area (Å²) >= 11 is 0. The summed E-state index contributed by atoms with van der Waals surface area (Å²) in [5.74, 6) is 2.56. The third kappa shape index (κ3) is 4.46. The molecule has 5 heteroatoms. The maximum atomic E-state index is 12.3. The molecule has 0 saturated carbocycles. The van der Waals surface area contributed by atoms with Gasteiger partial charge in [0, 0.05) is 30.4 Å². The summed E-state index contributed by atoms with van der Waals surface area (Å²) in [6, 6.07) is 7.71. The maximum Gasteiger partial charge on any atom is 0.401 e. The van der Waals surface area contributed by atoms with Gasteiger partial charge in [0.25, 0.3) is 0 Å². The van der Waals surface area contributed by atoms with E-state index in [2.05, 4.69) is 11.2 Å². The Morgan fingerprint density at radius 3 is 2.60 bits per heavy atom. The number of nitrogens with zero attached hydrogens (tertiary/aromatic N) is 1. The Labute approximate surface area is 117 Å². The first-order valence-electron chi connectivity index (χ1n) is 6.58. The Morgan fingerprint density at radius 1 is 1.30 bits per heavy atom. The number of halogens is 3. The van der Waals surface area contributed by atoms with Crippen molar-refractivity contribution in [3.63, 3.8) is 0 Å². The zero-order valence-corrected chi connectivity index (χ0v) is 11.1. The number of alkyl halides is 3. The molecule has 1 aliphatic rings. The summed E-state index contributed by atoms with van der Waals surface area (Å²) in [5.41, 5.74) is 1.72. The summed E-state index contributed by atoms with van der Waals surface area (Å²) in [6.45, 7) is 0.115. The van der Waals surface area contributed by atoms with Crippen molar-refractivity contribution in [2.24, 2.45) is 0 Å². The fourth-order valence-electron chi connectivity index (χ4n) is 2.42. The van der Waals surface area contributed by atoms with Crippen molar-refractivity contribution in [1.82, 2.24) is 4.90 Å². The van der Waals surface area contributed by atoms with Gasteiger partial charge in [0.1, 0.15) is 0 Å². The van der Waals surface area contributed by atoms with Crippen LogP contribution in [-0.2, 0) is 0 Å². The largest absolute Gasteiger partial charge is 0.401 e. The predicted molar refractivity (Wildman–Crippen MR) is 73.5 cm³/mol. The van der Waals surface area contributed by atoms with E-state index in [1.54, 1.807) is 0 Å². The fourth-order valence-corrected chi connectivity index (χ4v) is 2.42. The van der Waals surface area contributed by atoms with Crippen LogP contribution in [0, 0.1) is 12.3 Å². The third-order valence-electron chi connectivity index (χ3n) is 3.39. The molecule has 1 N–H and O–H groups in total. The Bertz CT molecular complexity index is 483. The maximum absolute atomic E-state index is 12.3. The predicted octanol–water partition coefficient (Wildman–Crippen LogP) is 3.11. The van der Waals surface area contributed by atoms with Crippen LogP contribution in [-0.4, -0.2) is 36.8 Å².